The molecule has 0 spiro atoms. The molecule has 0 aliphatic carbocycles. The molecule has 2 nitrogen and oxygen atoms in total. The first-order chi connectivity index (χ1) is 13.7. The van der Waals surface area contributed by atoms with E-state index in [2.05, 4.69) is 9.47 Å². The zero-order valence-corrected chi connectivity index (χ0v) is 16.7. The van der Waals surface area contributed by atoms with Gasteiger partial charge >= 0.3 is 24.7 Å². The Labute approximate surface area is 171 Å². The van der Waals surface area contributed by atoms with E-state index in [9.17, 15) is 52.7 Å². The average Bonchev–Trinajstić information content (AvgIpc) is 2.53. The van der Waals surface area contributed by atoms with Crippen molar-refractivity contribution in [3.05, 3.63) is 0 Å². The van der Waals surface area contributed by atoms with Crippen molar-refractivity contribution in [1.29, 1.82) is 0 Å². The summed E-state index contributed by atoms with van der Waals surface area (Å²) in [7, 11) is 0. The van der Waals surface area contributed by atoms with E-state index in [1.165, 1.54) is 0 Å². The molecule has 31 heavy (non-hydrogen) atoms. The summed E-state index contributed by atoms with van der Waals surface area (Å²) in [5.41, 5.74) is 0. The number of hydrogen-bond donors (Lipinski definition) is 0. The Morgan fingerprint density at radius 3 is 1.10 bits per heavy atom. The lowest BCUT2D eigenvalue weighted by Gasteiger charge is -2.38. The van der Waals surface area contributed by atoms with Crippen LogP contribution >= 0.6 is 0 Å². The fraction of sp³-hybridized carbons (Fsp3) is 1.00. The molecule has 0 bridgehead atoms. The van der Waals surface area contributed by atoms with Crippen LogP contribution in [-0.2, 0) is 9.47 Å². The molecule has 0 fully saturated rings. The van der Waals surface area contributed by atoms with Crippen molar-refractivity contribution in [3.63, 3.8) is 0 Å². The molecule has 0 N–H and O–H groups in total. The maximum absolute atomic E-state index is 12.8. The second-order valence-electron chi connectivity index (χ2n) is 7.17. The SMILES string of the molecule is CCCCCCCCCC(C)(OC(C(F)(F)F)C(F)(F)F)OC(C(F)(F)F)C(F)(F)F. The van der Waals surface area contributed by atoms with E-state index in [1.54, 1.807) is 0 Å². The first kappa shape index (κ1) is 30.1. The molecule has 0 aromatic rings. The Morgan fingerprint density at radius 1 is 0.516 bits per heavy atom. The second-order valence-corrected chi connectivity index (χ2v) is 7.17. The predicted octanol–water partition coefficient (Wildman–Crippen LogP) is 7.86. The monoisotopic (exact) mass is 488 g/mol. The van der Waals surface area contributed by atoms with E-state index in [1.807, 2.05) is 6.92 Å². The third kappa shape index (κ3) is 11.5. The summed E-state index contributed by atoms with van der Waals surface area (Å²) < 4.78 is 161. The maximum atomic E-state index is 12.8. The van der Waals surface area contributed by atoms with E-state index >= 15 is 0 Å². The lowest BCUT2D eigenvalue weighted by atomic mass is 10.0. The van der Waals surface area contributed by atoms with E-state index in [0.717, 1.165) is 19.3 Å². The van der Waals surface area contributed by atoms with Crippen molar-refractivity contribution in [3.8, 4) is 0 Å². The predicted molar refractivity (Wildman–Crippen MR) is 85.0 cm³/mol. The van der Waals surface area contributed by atoms with Crippen LogP contribution in [0.25, 0.3) is 0 Å². The summed E-state index contributed by atoms with van der Waals surface area (Å²) in [5.74, 6) is -3.46. The molecule has 188 valence electrons. The standard InChI is InChI=1S/C17H24F12O2/c1-3-4-5-6-7-8-9-10-13(2,30-11(14(18,19)20)15(21,22)23)31-12(16(24,25)26)17(27,28)29/h11-12H,3-10H2,1-2H3. The molecule has 14 heteroatoms. The van der Waals surface area contributed by atoms with Gasteiger partial charge in [-0.25, -0.2) is 0 Å². The molecule has 0 saturated heterocycles. The Hall–Kier alpha value is -0.920. The first-order valence-corrected chi connectivity index (χ1v) is 9.36. The summed E-state index contributed by atoms with van der Waals surface area (Å²) in [6.07, 6.45) is -31.5. The molecular formula is C17H24F12O2. The number of ether oxygens (including phenoxy) is 2. The van der Waals surface area contributed by atoms with Crippen LogP contribution in [0.5, 0.6) is 0 Å². The van der Waals surface area contributed by atoms with Gasteiger partial charge in [-0.3, -0.25) is 0 Å². The van der Waals surface area contributed by atoms with Gasteiger partial charge in [0.05, 0.1) is 0 Å². The fourth-order valence-corrected chi connectivity index (χ4v) is 2.69. The first-order valence-electron chi connectivity index (χ1n) is 9.36. The van der Waals surface area contributed by atoms with Crippen LogP contribution in [0, 0.1) is 0 Å². The molecule has 0 aromatic carbocycles. The zero-order chi connectivity index (χ0) is 24.7. The van der Waals surface area contributed by atoms with E-state index in [-0.39, 0.29) is 19.8 Å². The third-order valence-electron chi connectivity index (χ3n) is 4.16. The van der Waals surface area contributed by atoms with Crippen molar-refractivity contribution >= 4 is 0 Å². The Balaban J connectivity index is 5.63. The van der Waals surface area contributed by atoms with Gasteiger partial charge in [-0.15, -0.1) is 0 Å². The van der Waals surface area contributed by atoms with E-state index in [0.29, 0.717) is 12.8 Å². The van der Waals surface area contributed by atoms with Crippen molar-refractivity contribution in [2.45, 2.75) is 108 Å². The molecule has 0 rings (SSSR count). The van der Waals surface area contributed by atoms with Gasteiger partial charge in [0.25, 0.3) is 12.2 Å². The smallest absolute Gasteiger partial charge is 0.329 e. The average molecular weight is 488 g/mol. The zero-order valence-electron chi connectivity index (χ0n) is 16.7. The van der Waals surface area contributed by atoms with Crippen molar-refractivity contribution in [2.75, 3.05) is 0 Å². The van der Waals surface area contributed by atoms with Crippen LogP contribution in [-0.4, -0.2) is 42.7 Å². The number of unbranched alkanes of at least 4 members (excludes halogenated alkanes) is 6. The summed E-state index contributed by atoms with van der Waals surface area (Å²) in [5, 5.41) is 0. The molecule has 0 heterocycles. The Kier molecular flexibility index (Phi) is 10.9. The molecule has 0 radical (unpaired) electrons. The van der Waals surface area contributed by atoms with Crippen molar-refractivity contribution < 1.29 is 62.2 Å². The van der Waals surface area contributed by atoms with Crippen LogP contribution in [0.3, 0.4) is 0 Å². The largest absolute Gasteiger partial charge is 0.423 e. The summed E-state index contributed by atoms with van der Waals surface area (Å²) in [6, 6.07) is 0. The van der Waals surface area contributed by atoms with Gasteiger partial charge in [0.15, 0.2) is 5.79 Å². The molecule has 0 amide bonds. The van der Waals surface area contributed by atoms with Gasteiger partial charge in [-0.1, -0.05) is 45.4 Å². The number of halogens is 12. The Bertz CT molecular complexity index is 445. The van der Waals surface area contributed by atoms with Crippen molar-refractivity contribution in [2.24, 2.45) is 0 Å². The van der Waals surface area contributed by atoms with Crippen LogP contribution in [0.4, 0.5) is 52.7 Å². The highest BCUT2D eigenvalue weighted by Crippen LogP contribution is 2.43. The Morgan fingerprint density at radius 2 is 0.806 bits per heavy atom. The second kappa shape index (κ2) is 11.3. The summed E-state index contributed by atoms with van der Waals surface area (Å²) in [4.78, 5) is 0. The quantitative estimate of drug-likeness (QED) is 0.158. The lowest BCUT2D eigenvalue weighted by molar-refractivity contribution is -0.420. The van der Waals surface area contributed by atoms with Crippen molar-refractivity contribution in [1.82, 2.24) is 0 Å². The van der Waals surface area contributed by atoms with Gasteiger partial charge in [0, 0.05) is 6.42 Å². The topological polar surface area (TPSA) is 18.5 Å². The van der Waals surface area contributed by atoms with Gasteiger partial charge in [-0.05, 0) is 13.3 Å². The minimum Gasteiger partial charge on any atom is -0.329 e. The minimum atomic E-state index is -6.14. The normalized spacial score (nSPS) is 14.7. The van der Waals surface area contributed by atoms with Crippen LogP contribution in [0.1, 0.15) is 65.2 Å². The van der Waals surface area contributed by atoms with Gasteiger partial charge < -0.3 is 9.47 Å². The van der Waals surface area contributed by atoms with Crippen LogP contribution in [0.2, 0.25) is 0 Å². The summed E-state index contributed by atoms with van der Waals surface area (Å²) in [6.45, 7) is 2.12. The molecule has 0 unspecified atom stereocenters. The number of rotatable bonds is 12. The molecule has 0 atom stereocenters. The number of hydrogen-bond acceptors (Lipinski definition) is 2. The molecule has 0 aliphatic rings. The van der Waals surface area contributed by atoms with E-state index < -0.39 is 49.1 Å². The van der Waals surface area contributed by atoms with Gasteiger partial charge in [0.2, 0.25) is 0 Å². The third-order valence-corrected chi connectivity index (χ3v) is 4.16. The maximum Gasteiger partial charge on any atom is 0.423 e. The molecular weight excluding hydrogens is 464 g/mol. The van der Waals surface area contributed by atoms with Crippen LogP contribution < -0.4 is 0 Å². The highest BCUT2D eigenvalue weighted by molar-refractivity contribution is 4.84. The van der Waals surface area contributed by atoms with Gasteiger partial charge in [0.1, 0.15) is 0 Å². The van der Waals surface area contributed by atoms with E-state index in [4.69, 9.17) is 0 Å². The molecule has 0 aromatic heterocycles. The minimum absolute atomic E-state index is 0.136. The molecule has 0 saturated carbocycles. The highest BCUT2D eigenvalue weighted by atomic mass is 19.4. The molecule has 0 aliphatic heterocycles. The highest BCUT2D eigenvalue weighted by Gasteiger charge is 2.64. The fourth-order valence-electron chi connectivity index (χ4n) is 2.69. The summed E-state index contributed by atoms with van der Waals surface area (Å²) >= 11 is 0. The number of alkyl halides is 12. The van der Waals surface area contributed by atoms with Gasteiger partial charge in [-0.2, -0.15) is 52.7 Å². The van der Waals surface area contributed by atoms with Crippen LogP contribution in [0.15, 0.2) is 0 Å². The lowest BCUT2D eigenvalue weighted by Crippen LogP contribution is -2.55.